The third-order valence-electron chi connectivity index (χ3n) is 3.28. The number of unbranched alkanes of at least 4 members (excludes halogenated alkanes) is 1. The molecule has 1 aliphatic heterocycles. The lowest BCUT2D eigenvalue weighted by atomic mass is 10.1. The smallest absolute Gasteiger partial charge is 0.320 e. The fourth-order valence-corrected chi connectivity index (χ4v) is 2.03. The number of hydrogen-bond donors (Lipinski definition) is 2. The molecule has 3 N–H and O–H groups in total. The molecule has 1 aromatic heterocycles. The van der Waals surface area contributed by atoms with Gasteiger partial charge >= 0.3 is 5.97 Å². The van der Waals surface area contributed by atoms with E-state index in [0.717, 1.165) is 4.90 Å². The van der Waals surface area contributed by atoms with E-state index in [0.29, 0.717) is 31.5 Å². The van der Waals surface area contributed by atoms with Gasteiger partial charge in [-0.1, -0.05) is 5.21 Å². The van der Waals surface area contributed by atoms with Crippen molar-refractivity contribution in [1.82, 2.24) is 19.9 Å². The van der Waals surface area contributed by atoms with E-state index in [1.165, 1.54) is 12.2 Å². The number of carboxylic acids is 1. The largest absolute Gasteiger partial charge is 0.480 e. The van der Waals surface area contributed by atoms with E-state index in [1.54, 1.807) is 10.9 Å². The summed E-state index contributed by atoms with van der Waals surface area (Å²) in [7, 11) is 0. The number of rotatable bonds is 8. The van der Waals surface area contributed by atoms with Crippen LogP contribution in [0.25, 0.3) is 0 Å². The molecule has 2 amide bonds. The van der Waals surface area contributed by atoms with Gasteiger partial charge in [0.2, 0.25) is 0 Å². The van der Waals surface area contributed by atoms with Crippen molar-refractivity contribution in [3.63, 3.8) is 0 Å². The van der Waals surface area contributed by atoms with E-state index < -0.39 is 12.0 Å². The lowest BCUT2D eigenvalue weighted by Gasteiger charge is -2.10. The van der Waals surface area contributed by atoms with E-state index in [9.17, 15) is 14.4 Å². The lowest BCUT2D eigenvalue weighted by molar-refractivity contribution is -0.139. The van der Waals surface area contributed by atoms with Crippen molar-refractivity contribution in [3.8, 4) is 0 Å². The minimum absolute atomic E-state index is 0.0918. The van der Waals surface area contributed by atoms with Crippen LogP contribution < -0.4 is 5.73 Å². The summed E-state index contributed by atoms with van der Waals surface area (Å²) in [5.41, 5.74) is 5.93. The quantitative estimate of drug-likeness (QED) is 0.478. The van der Waals surface area contributed by atoms with Gasteiger partial charge in [-0.2, -0.15) is 0 Å². The Bertz CT molecular complexity index is 591. The Morgan fingerprint density at radius 3 is 2.59 bits per heavy atom. The molecule has 0 radical (unpaired) electrons. The molecule has 2 heterocycles. The average molecular weight is 307 g/mol. The second kappa shape index (κ2) is 6.94. The molecular formula is C13H17N5O4. The van der Waals surface area contributed by atoms with E-state index in [4.69, 9.17) is 10.8 Å². The van der Waals surface area contributed by atoms with Crippen LogP contribution in [0.1, 0.15) is 25.0 Å². The highest BCUT2D eigenvalue weighted by Crippen LogP contribution is 2.09. The molecule has 9 heteroatoms. The Labute approximate surface area is 126 Å². The van der Waals surface area contributed by atoms with Crippen molar-refractivity contribution in [2.24, 2.45) is 5.73 Å². The third kappa shape index (κ3) is 3.98. The van der Waals surface area contributed by atoms with Crippen LogP contribution in [0.3, 0.4) is 0 Å². The molecule has 0 spiro atoms. The van der Waals surface area contributed by atoms with Gasteiger partial charge in [0.1, 0.15) is 11.7 Å². The number of carboxylic acid groups (broad SMARTS) is 1. The summed E-state index contributed by atoms with van der Waals surface area (Å²) >= 11 is 0. The minimum atomic E-state index is -1.00. The van der Waals surface area contributed by atoms with Gasteiger partial charge in [-0.3, -0.25) is 24.0 Å². The number of aromatic nitrogens is 3. The van der Waals surface area contributed by atoms with Crippen molar-refractivity contribution in [1.29, 1.82) is 0 Å². The number of nitrogens with two attached hydrogens (primary N) is 1. The normalized spacial score (nSPS) is 15.6. The predicted molar refractivity (Wildman–Crippen MR) is 74.2 cm³/mol. The Morgan fingerprint density at radius 1 is 1.27 bits per heavy atom. The molecule has 0 unspecified atom stereocenters. The standard InChI is InChI=1S/C13H17N5O4/c14-10(13(21)22)3-1-2-6-17-7-9(15-16-17)8-18-11(19)4-5-12(18)20/h4-5,7,10H,1-3,6,8,14H2,(H,21,22)/t10-/m0/s1. The number of aryl methyl sites for hydroxylation is 1. The molecule has 1 aliphatic rings. The molecular weight excluding hydrogens is 290 g/mol. The first kappa shape index (κ1) is 15.8. The first-order chi connectivity index (χ1) is 10.5. The zero-order valence-corrected chi connectivity index (χ0v) is 11.9. The Kier molecular flexibility index (Phi) is 4.99. The van der Waals surface area contributed by atoms with Gasteiger partial charge in [-0.25, -0.2) is 0 Å². The predicted octanol–water partition coefficient (Wildman–Crippen LogP) is -0.715. The molecule has 1 aromatic rings. The summed E-state index contributed by atoms with van der Waals surface area (Å²) < 4.78 is 1.60. The molecule has 118 valence electrons. The summed E-state index contributed by atoms with van der Waals surface area (Å²) in [5.74, 6) is -1.72. The van der Waals surface area contributed by atoms with Gasteiger partial charge in [-0.05, 0) is 19.3 Å². The molecule has 0 saturated heterocycles. The molecule has 0 aromatic carbocycles. The molecule has 0 saturated carbocycles. The number of carbonyl (C=O) groups is 3. The summed E-state index contributed by atoms with van der Waals surface area (Å²) in [4.78, 5) is 34.5. The zero-order valence-electron chi connectivity index (χ0n) is 11.9. The van der Waals surface area contributed by atoms with Crippen molar-refractivity contribution in [2.75, 3.05) is 0 Å². The molecule has 0 fully saturated rings. The Balaban J connectivity index is 1.76. The van der Waals surface area contributed by atoms with Crippen LogP contribution in [0.2, 0.25) is 0 Å². The van der Waals surface area contributed by atoms with Gasteiger partial charge in [0, 0.05) is 18.7 Å². The van der Waals surface area contributed by atoms with Gasteiger partial charge in [-0.15, -0.1) is 5.10 Å². The monoisotopic (exact) mass is 307 g/mol. The average Bonchev–Trinajstić information content (AvgIpc) is 3.05. The number of amides is 2. The van der Waals surface area contributed by atoms with Crippen LogP contribution in [-0.2, 0) is 27.5 Å². The number of imide groups is 1. The second-order valence-corrected chi connectivity index (χ2v) is 5.01. The molecule has 1 atom stereocenters. The van der Waals surface area contributed by atoms with Crippen LogP contribution in [0.15, 0.2) is 18.3 Å². The van der Waals surface area contributed by atoms with Crippen molar-refractivity contribution in [2.45, 2.75) is 38.4 Å². The Morgan fingerprint density at radius 2 is 1.95 bits per heavy atom. The Hall–Kier alpha value is -2.55. The molecule has 9 nitrogen and oxygen atoms in total. The highest BCUT2D eigenvalue weighted by atomic mass is 16.4. The van der Waals surface area contributed by atoms with E-state index in [2.05, 4.69) is 10.3 Å². The number of nitrogens with zero attached hydrogens (tertiary/aromatic N) is 4. The summed E-state index contributed by atoms with van der Waals surface area (Å²) in [5, 5.41) is 16.5. The van der Waals surface area contributed by atoms with Crippen molar-refractivity contribution in [3.05, 3.63) is 24.0 Å². The van der Waals surface area contributed by atoms with E-state index in [-0.39, 0.29) is 18.4 Å². The van der Waals surface area contributed by atoms with Crippen LogP contribution >= 0.6 is 0 Å². The van der Waals surface area contributed by atoms with E-state index >= 15 is 0 Å². The SMILES string of the molecule is N[C@@H](CCCCn1cc(CN2C(=O)C=CC2=O)nn1)C(=O)O. The second-order valence-electron chi connectivity index (χ2n) is 5.01. The van der Waals surface area contributed by atoms with Crippen LogP contribution in [0, 0.1) is 0 Å². The van der Waals surface area contributed by atoms with Crippen molar-refractivity contribution >= 4 is 17.8 Å². The topological polar surface area (TPSA) is 131 Å². The number of carbonyl (C=O) groups excluding carboxylic acids is 2. The summed E-state index contributed by atoms with van der Waals surface area (Å²) in [6.45, 7) is 0.661. The molecule has 0 aliphatic carbocycles. The van der Waals surface area contributed by atoms with Crippen LogP contribution in [-0.4, -0.2) is 48.8 Å². The fraction of sp³-hybridized carbons (Fsp3) is 0.462. The number of aliphatic carboxylic acids is 1. The zero-order chi connectivity index (χ0) is 16.1. The van der Waals surface area contributed by atoms with Crippen LogP contribution in [0.4, 0.5) is 0 Å². The minimum Gasteiger partial charge on any atom is -0.480 e. The highest BCUT2D eigenvalue weighted by molar-refractivity contribution is 6.12. The summed E-state index contributed by atoms with van der Waals surface area (Å²) in [6.07, 6.45) is 5.88. The first-order valence-corrected chi connectivity index (χ1v) is 6.88. The maximum Gasteiger partial charge on any atom is 0.320 e. The first-order valence-electron chi connectivity index (χ1n) is 6.88. The number of hydrogen-bond acceptors (Lipinski definition) is 6. The van der Waals surface area contributed by atoms with Gasteiger partial charge in [0.15, 0.2) is 0 Å². The highest BCUT2D eigenvalue weighted by Gasteiger charge is 2.24. The van der Waals surface area contributed by atoms with Crippen LogP contribution in [0.5, 0.6) is 0 Å². The summed E-state index contributed by atoms with van der Waals surface area (Å²) in [6, 6.07) is -0.842. The fourth-order valence-electron chi connectivity index (χ4n) is 2.03. The maximum absolute atomic E-state index is 11.4. The van der Waals surface area contributed by atoms with Gasteiger partial charge in [0.25, 0.3) is 11.8 Å². The maximum atomic E-state index is 11.4. The van der Waals surface area contributed by atoms with Crippen molar-refractivity contribution < 1.29 is 19.5 Å². The third-order valence-corrected chi connectivity index (χ3v) is 3.28. The lowest BCUT2D eigenvalue weighted by Crippen LogP contribution is -2.29. The molecule has 22 heavy (non-hydrogen) atoms. The molecule has 2 rings (SSSR count). The van der Waals surface area contributed by atoms with E-state index in [1.807, 2.05) is 0 Å². The van der Waals surface area contributed by atoms with Gasteiger partial charge < -0.3 is 10.8 Å². The van der Waals surface area contributed by atoms with Gasteiger partial charge in [0.05, 0.1) is 12.7 Å². The molecule has 0 bridgehead atoms.